The number of hydrogen-bond donors (Lipinski definition) is 1. The van der Waals surface area contributed by atoms with Gasteiger partial charge in [-0.15, -0.1) is 0 Å². The van der Waals surface area contributed by atoms with Crippen LogP contribution in [0.25, 0.3) is 0 Å². The van der Waals surface area contributed by atoms with E-state index in [-0.39, 0.29) is 11.8 Å². The molecule has 0 aromatic heterocycles. The SMILES string of the molecule is CC(C)C[C@H](C(N)=O)C(C)C. The van der Waals surface area contributed by atoms with Crippen molar-refractivity contribution in [3.63, 3.8) is 0 Å². The molecule has 0 rings (SSSR count). The van der Waals surface area contributed by atoms with Crippen molar-refractivity contribution in [2.24, 2.45) is 23.5 Å². The number of carbonyl (C=O) groups is 1. The largest absolute Gasteiger partial charge is 0.369 e. The Bertz CT molecular complexity index is 130. The van der Waals surface area contributed by atoms with Gasteiger partial charge in [0.15, 0.2) is 0 Å². The zero-order chi connectivity index (χ0) is 9.02. The van der Waals surface area contributed by atoms with Crippen LogP contribution in [0.2, 0.25) is 0 Å². The third kappa shape index (κ3) is 4.02. The fraction of sp³-hybridized carbons (Fsp3) is 0.889. The number of amides is 1. The van der Waals surface area contributed by atoms with E-state index in [1.165, 1.54) is 0 Å². The quantitative estimate of drug-likeness (QED) is 0.664. The van der Waals surface area contributed by atoms with Gasteiger partial charge >= 0.3 is 0 Å². The first-order chi connectivity index (χ1) is 4.95. The lowest BCUT2D eigenvalue weighted by atomic mass is 9.87. The first kappa shape index (κ1) is 10.5. The third-order valence-electron chi connectivity index (χ3n) is 1.90. The molecule has 0 saturated heterocycles. The minimum Gasteiger partial charge on any atom is -0.369 e. The molecule has 1 atom stereocenters. The van der Waals surface area contributed by atoms with E-state index in [9.17, 15) is 4.79 Å². The van der Waals surface area contributed by atoms with Crippen LogP contribution in [0.1, 0.15) is 34.1 Å². The van der Waals surface area contributed by atoms with Gasteiger partial charge in [0, 0.05) is 5.92 Å². The summed E-state index contributed by atoms with van der Waals surface area (Å²) < 4.78 is 0. The lowest BCUT2D eigenvalue weighted by Crippen LogP contribution is -2.28. The van der Waals surface area contributed by atoms with Gasteiger partial charge in [-0.25, -0.2) is 0 Å². The summed E-state index contributed by atoms with van der Waals surface area (Å²) in [6, 6.07) is 0. The molecule has 0 aromatic rings. The molecule has 1 amide bonds. The van der Waals surface area contributed by atoms with Gasteiger partial charge in [0.2, 0.25) is 5.91 Å². The number of carbonyl (C=O) groups excluding carboxylic acids is 1. The molecule has 2 nitrogen and oxygen atoms in total. The summed E-state index contributed by atoms with van der Waals surface area (Å²) in [5.74, 6) is 0.813. The molecule has 0 aliphatic rings. The molecule has 66 valence electrons. The van der Waals surface area contributed by atoms with Crippen molar-refractivity contribution in [3.05, 3.63) is 0 Å². The van der Waals surface area contributed by atoms with Crippen LogP contribution in [-0.2, 0) is 4.79 Å². The Balaban J connectivity index is 4.01. The maximum absolute atomic E-state index is 10.9. The van der Waals surface area contributed by atoms with Gasteiger partial charge in [0.1, 0.15) is 0 Å². The van der Waals surface area contributed by atoms with Crippen molar-refractivity contribution >= 4 is 5.91 Å². The topological polar surface area (TPSA) is 43.1 Å². The number of hydrogen-bond acceptors (Lipinski definition) is 1. The first-order valence-electron chi connectivity index (χ1n) is 4.24. The van der Waals surface area contributed by atoms with E-state index in [1.807, 2.05) is 13.8 Å². The number of nitrogens with two attached hydrogens (primary N) is 1. The van der Waals surface area contributed by atoms with Crippen LogP contribution in [0.4, 0.5) is 0 Å². The molecule has 0 bridgehead atoms. The Kier molecular flexibility index (Phi) is 4.16. The first-order valence-corrected chi connectivity index (χ1v) is 4.24. The van der Waals surface area contributed by atoms with Crippen LogP contribution < -0.4 is 5.73 Å². The van der Waals surface area contributed by atoms with E-state index in [2.05, 4.69) is 13.8 Å². The van der Waals surface area contributed by atoms with Crippen molar-refractivity contribution in [1.29, 1.82) is 0 Å². The van der Waals surface area contributed by atoms with Crippen LogP contribution in [0, 0.1) is 17.8 Å². The predicted octanol–water partition coefficient (Wildman–Crippen LogP) is 1.79. The Morgan fingerprint density at radius 2 is 1.73 bits per heavy atom. The maximum atomic E-state index is 10.9. The fourth-order valence-corrected chi connectivity index (χ4v) is 1.22. The van der Waals surface area contributed by atoms with E-state index < -0.39 is 0 Å². The van der Waals surface area contributed by atoms with Crippen LogP contribution in [-0.4, -0.2) is 5.91 Å². The molecule has 0 unspecified atom stereocenters. The van der Waals surface area contributed by atoms with E-state index in [0.717, 1.165) is 6.42 Å². The van der Waals surface area contributed by atoms with Gasteiger partial charge in [-0.05, 0) is 18.3 Å². The van der Waals surface area contributed by atoms with Gasteiger partial charge in [-0.1, -0.05) is 27.7 Å². The molecule has 0 aliphatic carbocycles. The van der Waals surface area contributed by atoms with Crippen molar-refractivity contribution in [2.75, 3.05) is 0 Å². The van der Waals surface area contributed by atoms with E-state index in [0.29, 0.717) is 11.8 Å². The van der Waals surface area contributed by atoms with Crippen molar-refractivity contribution in [1.82, 2.24) is 0 Å². The highest BCUT2D eigenvalue weighted by Gasteiger charge is 2.19. The summed E-state index contributed by atoms with van der Waals surface area (Å²) in [6.45, 7) is 8.30. The van der Waals surface area contributed by atoms with E-state index in [4.69, 9.17) is 5.73 Å². The highest BCUT2D eigenvalue weighted by molar-refractivity contribution is 5.76. The number of rotatable bonds is 4. The maximum Gasteiger partial charge on any atom is 0.220 e. The molecule has 2 N–H and O–H groups in total. The molecule has 0 spiro atoms. The monoisotopic (exact) mass is 157 g/mol. The highest BCUT2D eigenvalue weighted by atomic mass is 16.1. The lowest BCUT2D eigenvalue weighted by molar-refractivity contribution is -0.123. The van der Waals surface area contributed by atoms with Crippen LogP contribution >= 0.6 is 0 Å². The van der Waals surface area contributed by atoms with Gasteiger partial charge < -0.3 is 5.73 Å². The van der Waals surface area contributed by atoms with Gasteiger partial charge in [-0.3, -0.25) is 4.79 Å². The second-order valence-corrected chi connectivity index (χ2v) is 3.88. The Morgan fingerprint density at radius 1 is 1.27 bits per heavy atom. The summed E-state index contributed by atoms with van der Waals surface area (Å²) in [6.07, 6.45) is 0.910. The summed E-state index contributed by atoms with van der Waals surface area (Å²) in [5, 5.41) is 0. The zero-order valence-electron chi connectivity index (χ0n) is 7.92. The average Bonchev–Trinajstić information content (AvgIpc) is 1.81. The Hall–Kier alpha value is -0.530. The van der Waals surface area contributed by atoms with Gasteiger partial charge in [0.25, 0.3) is 0 Å². The molecular formula is C9H19NO. The van der Waals surface area contributed by atoms with Crippen LogP contribution in [0.3, 0.4) is 0 Å². The summed E-state index contributed by atoms with van der Waals surface area (Å²) in [4.78, 5) is 10.9. The minimum absolute atomic E-state index is 0.0509. The Labute approximate surface area is 69.2 Å². The second-order valence-electron chi connectivity index (χ2n) is 3.88. The van der Waals surface area contributed by atoms with Crippen molar-refractivity contribution in [2.45, 2.75) is 34.1 Å². The fourth-order valence-electron chi connectivity index (χ4n) is 1.22. The molecule has 0 heterocycles. The standard InChI is InChI=1S/C9H19NO/c1-6(2)5-8(7(3)4)9(10)11/h6-8H,5H2,1-4H3,(H2,10,11)/t8-/m0/s1. The molecule has 11 heavy (non-hydrogen) atoms. The molecule has 0 saturated carbocycles. The van der Waals surface area contributed by atoms with Crippen LogP contribution in [0.5, 0.6) is 0 Å². The highest BCUT2D eigenvalue weighted by Crippen LogP contribution is 2.19. The van der Waals surface area contributed by atoms with Gasteiger partial charge in [-0.2, -0.15) is 0 Å². The lowest BCUT2D eigenvalue weighted by Gasteiger charge is -2.18. The summed E-state index contributed by atoms with van der Waals surface area (Å²) in [5.41, 5.74) is 5.25. The predicted molar refractivity (Wildman–Crippen MR) is 47.0 cm³/mol. The van der Waals surface area contributed by atoms with Crippen molar-refractivity contribution in [3.8, 4) is 0 Å². The molecule has 2 heteroatoms. The number of primary amides is 1. The van der Waals surface area contributed by atoms with Crippen molar-refractivity contribution < 1.29 is 4.79 Å². The van der Waals surface area contributed by atoms with Crippen LogP contribution in [0.15, 0.2) is 0 Å². The second kappa shape index (κ2) is 4.37. The molecule has 0 fully saturated rings. The van der Waals surface area contributed by atoms with E-state index in [1.54, 1.807) is 0 Å². The molecule has 0 aromatic carbocycles. The Morgan fingerprint density at radius 3 is 1.82 bits per heavy atom. The average molecular weight is 157 g/mol. The minimum atomic E-state index is -0.159. The van der Waals surface area contributed by atoms with E-state index >= 15 is 0 Å². The molecule has 0 aliphatic heterocycles. The summed E-state index contributed by atoms with van der Waals surface area (Å²) >= 11 is 0. The molecular weight excluding hydrogens is 138 g/mol. The third-order valence-corrected chi connectivity index (χ3v) is 1.90. The zero-order valence-corrected chi connectivity index (χ0v) is 7.92. The normalized spacial score (nSPS) is 14.0. The summed E-state index contributed by atoms with van der Waals surface area (Å²) in [7, 11) is 0. The smallest absolute Gasteiger partial charge is 0.220 e. The van der Waals surface area contributed by atoms with Gasteiger partial charge in [0.05, 0.1) is 0 Å². The molecule has 0 radical (unpaired) electrons.